The summed E-state index contributed by atoms with van der Waals surface area (Å²) in [4.78, 5) is 12.6. The van der Waals surface area contributed by atoms with Gasteiger partial charge in [0.1, 0.15) is 11.8 Å². The number of halogens is 6. The number of nitriles is 1. The van der Waals surface area contributed by atoms with Crippen LogP contribution in [-0.4, -0.2) is 5.78 Å². The maximum absolute atomic E-state index is 12.8. The van der Waals surface area contributed by atoms with Gasteiger partial charge in [-0.15, -0.1) is 0 Å². The van der Waals surface area contributed by atoms with E-state index >= 15 is 0 Å². The number of hydrogen-bond acceptors (Lipinski definition) is 3. The van der Waals surface area contributed by atoms with Gasteiger partial charge in [0.15, 0.2) is 5.78 Å². The molecule has 0 aromatic heterocycles. The second-order valence-corrected chi connectivity index (χ2v) is 6.67. The molecule has 0 aliphatic heterocycles. The lowest BCUT2D eigenvalue weighted by molar-refractivity contribution is -0.137. The first kappa shape index (κ1) is 21.4. The highest BCUT2D eigenvalue weighted by Gasteiger charge is 2.43. The molecule has 0 saturated carbocycles. The van der Waals surface area contributed by atoms with Crippen LogP contribution in [0.4, 0.5) is 13.2 Å². The fraction of sp³-hybridized carbons (Fsp3) is 0.222. The van der Waals surface area contributed by atoms with E-state index in [0.29, 0.717) is 6.07 Å². The van der Waals surface area contributed by atoms with Crippen LogP contribution in [0.1, 0.15) is 24.5 Å². The minimum absolute atomic E-state index is 0.0773. The number of alkyl halides is 3. The van der Waals surface area contributed by atoms with E-state index in [9.17, 15) is 23.2 Å². The molecule has 27 heavy (non-hydrogen) atoms. The Morgan fingerprint density at radius 3 is 2.11 bits per heavy atom. The number of carbonyl (C=O) groups excluding carboxylic acids is 1. The second kappa shape index (κ2) is 7.97. The van der Waals surface area contributed by atoms with Crippen molar-refractivity contribution in [1.29, 1.82) is 5.26 Å². The molecule has 142 valence electrons. The molecule has 0 radical (unpaired) electrons. The van der Waals surface area contributed by atoms with Crippen LogP contribution in [0.3, 0.4) is 0 Å². The zero-order chi connectivity index (χ0) is 20.4. The van der Waals surface area contributed by atoms with Crippen LogP contribution in [0.2, 0.25) is 15.1 Å². The quantitative estimate of drug-likeness (QED) is 0.542. The van der Waals surface area contributed by atoms with Crippen molar-refractivity contribution in [1.82, 2.24) is 0 Å². The fourth-order valence-electron chi connectivity index (χ4n) is 2.32. The molecule has 0 spiro atoms. The first-order valence-corrected chi connectivity index (χ1v) is 8.64. The third kappa shape index (κ3) is 4.32. The van der Waals surface area contributed by atoms with E-state index in [2.05, 4.69) is 0 Å². The van der Waals surface area contributed by atoms with Crippen LogP contribution >= 0.6 is 34.8 Å². The van der Waals surface area contributed by atoms with Gasteiger partial charge in [-0.25, -0.2) is 0 Å². The van der Waals surface area contributed by atoms with Crippen LogP contribution in [0, 0.1) is 11.3 Å². The number of hydrogen-bond donors (Lipinski definition) is 0. The molecule has 0 N–H and O–H groups in total. The molecule has 1 atom stereocenters. The largest absolute Gasteiger partial charge is 0.459 e. The zero-order valence-electron chi connectivity index (χ0n) is 13.7. The van der Waals surface area contributed by atoms with Crippen molar-refractivity contribution in [2.24, 2.45) is 0 Å². The third-order valence-corrected chi connectivity index (χ3v) is 4.75. The Morgan fingerprint density at radius 2 is 1.63 bits per heavy atom. The summed E-state index contributed by atoms with van der Waals surface area (Å²) in [6.07, 6.45) is -4.68. The molecule has 0 saturated heterocycles. The second-order valence-electron chi connectivity index (χ2n) is 5.44. The van der Waals surface area contributed by atoms with E-state index < -0.39 is 28.1 Å². The predicted molar refractivity (Wildman–Crippen MR) is 96.1 cm³/mol. The van der Waals surface area contributed by atoms with Gasteiger partial charge in [0.2, 0.25) is 0 Å². The van der Waals surface area contributed by atoms with E-state index in [4.69, 9.17) is 39.5 Å². The number of ketones is 1. The first-order chi connectivity index (χ1) is 12.5. The molecule has 2 rings (SSSR count). The van der Waals surface area contributed by atoms with Crippen LogP contribution < -0.4 is 4.74 Å². The van der Waals surface area contributed by atoms with Crippen molar-refractivity contribution in [2.45, 2.75) is 25.1 Å². The number of carbonyl (C=O) groups is 1. The van der Waals surface area contributed by atoms with Crippen molar-refractivity contribution in [3.05, 3.63) is 62.6 Å². The van der Waals surface area contributed by atoms with E-state index in [0.717, 1.165) is 12.1 Å². The summed E-state index contributed by atoms with van der Waals surface area (Å²) >= 11 is 17.7. The number of Topliss-reactive ketones (excluding diaryl/α,β-unsaturated/α-hetero) is 1. The van der Waals surface area contributed by atoms with E-state index in [1.807, 2.05) is 0 Å². The van der Waals surface area contributed by atoms with Crippen molar-refractivity contribution < 1.29 is 22.7 Å². The lowest BCUT2D eigenvalue weighted by atomic mass is 9.89. The molecule has 0 bridgehead atoms. The molecule has 0 fully saturated rings. The number of benzene rings is 2. The highest BCUT2D eigenvalue weighted by atomic mass is 35.5. The Morgan fingerprint density at radius 1 is 1.04 bits per heavy atom. The molecule has 1 unspecified atom stereocenters. The van der Waals surface area contributed by atoms with Gasteiger partial charge >= 0.3 is 6.18 Å². The molecule has 2 aromatic rings. The third-order valence-electron chi connectivity index (χ3n) is 3.72. The summed E-state index contributed by atoms with van der Waals surface area (Å²) < 4.78 is 44.0. The maximum Gasteiger partial charge on any atom is 0.416 e. The van der Waals surface area contributed by atoms with Gasteiger partial charge in [-0.2, -0.15) is 18.4 Å². The van der Waals surface area contributed by atoms with Gasteiger partial charge in [-0.1, -0.05) is 47.8 Å². The maximum atomic E-state index is 12.8. The normalized spacial score (nSPS) is 13.6. The number of nitrogens with zero attached hydrogens (tertiary/aromatic N) is 1. The molecule has 0 amide bonds. The van der Waals surface area contributed by atoms with E-state index in [1.54, 1.807) is 6.07 Å². The summed E-state index contributed by atoms with van der Waals surface area (Å²) in [6.45, 7) is 1.52. The summed E-state index contributed by atoms with van der Waals surface area (Å²) in [5.41, 5.74) is -3.05. The van der Waals surface area contributed by atoms with Crippen LogP contribution in [0.25, 0.3) is 0 Å². The minimum atomic E-state index is -4.60. The Kier molecular flexibility index (Phi) is 6.31. The SMILES string of the molecule is CCC(=O)C(C#N)(Oc1ccc(C(F)(F)F)cc1Cl)c1ccc(Cl)c(Cl)c1. The van der Waals surface area contributed by atoms with E-state index in [-0.39, 0.29) is 27.8 Å². The molecular weight excluding hydrogens is 426 g/mol. The van der Waals surface area contributed by atoms with Crippen LogP contribution in [0.5, 0.6) is 5.75 Å². The zero-order valence-corrected chi connectivity index (χ0v) is 16.0. The van der Waals surface area contributed by atoms with Crippen LogP contribution in [-0.2, 0) is 16.6 Å². The monoisotopic (exact) mass is 435 g/mol. The summed E-state index contributed by atoms with van der Waals surface area (Å²) in [5.74, 6) is -0.876. The molecule has 2 aromatic carbocycles. The van der Waals surface area contributed by atoms with Gasteiger partial charge in [0.05, 0.1) is 20.6 Å². The number of rotatable bonds is 5. The average molecular weight is 437 g/mol. The van der Waals surface area contributed by atoms with Gasteiger partial charge in [0.25, 0.3) is 5.60 Å². The Hall–Kier alpha value is -1.94. The summed E-state index contributed by atoms with van der Waals surface area (Å²) in [5, 5.41) is 9.62. The smallest absolute Gasteiger partial charge is 0.416 e. The average Bonchev–Trinajstić information content (AvgIpc) is 2.61. The predicted octanol–water partition coefficient (Wildman–Crippen LogP) is 6.44. The molecule has 0 aliphatic rings. The van der Waals surface area contributed by atoms with Gasteiger partial charge < -0.3 is 4.74 Å². The molecule has 9 heteroatoms. The highest BCUT2D eigenvalue weighted by molar-refractivity contribution is 6.42. The molecule has 3 nitrogen and oxygen atoms in total. The topological polar surface area (TPSA) is 50.1 Å². The fourth-order valence-corrected chi connectivity index (χ4v) is 2.83. The summed E-state index contributed by atoms with van der Waals surface area (Å²) in [6, 6.07) is 8.20. The molecule has 0 aliphatic carbocycles. The lowest BCUT2D eigenvalue weighted by Crippen LogP contribution is -2.40. The summed E-state index contributed by atoms with van der Waals surface area (Å²) in [7, 11) is 0. The lowest BCUT2D eigenvalue weighted by Gasteiger charge is -2.27. The van der Waals surface area contributed by atoms with E-state index in [1.165, 1.54) is 25.1 Å². The number of ether oxygens (including phenoxy) is 1. The Bertz CT molecular complexity index is 925. The first-order valence-electron chi connectivity index (χ1n) is 7.51. The van der Waals surface area contributed by atoms with Crippen molar-refractivity contribution in [2.75, 3.05) is 0 Å². The van der Waals surface area contributed by atoms with Gasteiger partial charge in [-0.3, -0.25) is 4.79 Å². The Balaban J connectivity index is 2.58. The van der Waals surface area contributed by atoms with Gasteiger partial charge in [-0.05, 0) is 30.3 Å². The standard InChI is InChI=1S/C18H11Cl3F3NO2/c1-2-16(26)17(9-25,10-3-5-12(19)13(20)7-10)27-15-6-4-11(8-14(15)21)18(22,23)24/h3-8H,2H2,1H3. The molecular formula is C18H11Cl3F3NO2. The molecule has 0 heterocycles. The van der Waals surface area contributed by atoms with Crippen molar-refractivity contribution in [3.63, 3.8) is 0 Å². The highest BCUT2D eigenvalue weighted by Crippen LogP contribution is 2.39. The van der Waals surface area contributed by atoms with Crippen LogP contribution in [0.15, 0.2) is 36.4 Å². The minimum Gasteiger partial charge on any atom is -0.459 e. The van der Waals surface area contributed by atoms with Gasteiger partial charge in [0, 0.05) is 12.0 Å². The van der Waals surface area contributed by atoms with Crippen molar-refractivity contribution in [3.8, 4) is 11.8 Å². The van der Waals surface area contributed by atoms with Crippen molar-refractivity contribution >= 4 is 40.6 Å². The Labute approximate surface area is 168 Å².